The summed E-state index contributed by atoms with van der Waals surface area (Å²) >= 11 is 0. The van der Waals surface area contributed by atoms with Gasteiger partial charge in [0.25, 0.3) is 0 Å². The minimum Gasteiger partial charge on any atom is -0.294 e. The van der Waals surface area contributed by atoms with E-state index in [-0.39, 0.29) is 0 Å². The summed E-state index contributed by atoms with van der Waals surface area (Å²) < 4.78 is 0. The molecule has 0 spiro atoms. The van der Waals surface area contributed by atoms with Crippen LogP contribution in [-0.2, 0) is 12.8 Å². The Hall–Kier alpha value is -1.11. The highest BCUT2D eigenvalue weighted by atomic mass is 16.1. The number of hydrogen-bond acceptors (Lipinski definition) is 1. The third kappa shape index (κ3) is 2.11. The van der Waals surface area contributed by atoms with E-state index in [9.17, 15) is 4.79 Å². The van der Waals surface area contributed by atoms with Crippen LogP contribution in [0.1, 0.15) is 48.2 Å². The molecule has 1 aliphatic rings. The van der Waals surface area contributed by atoms with E-state index in [1.165, 1.54) is 11.1 Å². The summed E-state index contributed by atoms with van der Waals surface area (Å²) in [5.41, 5.74) is 3.69. The molecule has 0 aliphatic heterocycles. The van der Waals surface area contributed by atoms with Gasteiger partial charge in [-0.15, -0.1) is 0 Å². The van der Waals surface area contributed by atoms with Crippen LogP contribution in [0.25, 0.3) is 0 Å². The van der Waals surface area contributed by atoms with E-state index in [0.717, 1.165) is 31.2 Å². The van der Waals surface area contributed by atoms with Crippen LogP contribution in [0.4, 0.5) is 0 Å². The SMILES string of the molecule is CC(C)Cc1cccc2c1CCCC2=O. The zero-order valence-corrected chi connectivity index (χ0v) is 9.55. The molecule has 1 aromatic carbocycles. The van der Waals surface area contributed by atoms with Crippen molar-refractivity contribution in [3.63, 3.8) is 0 Å². The number of carbonyl (C=O) groups is 1. The molecule has 0 aromatic heterocycles. The average molecular weight is 202 g/mol. The molecule has 0 N–H and O–H groups in total. The molecule has 0 saturated carbocycles. The first kappa shape index (κ1) is 10.4. The van der Waals surface area contributed by atoms with Crippen LogP contribution in [0, 0.1) is 5.92 Å². The van der Waals surface area contributed by atoms with Gasteiger partial charge in [0.15, 0.2) is 5.78 Å². The number of Topliss-reactive ketones (excluding diaryl/α,β-unsaturated/α-hetero) is 1. The molecule has 0 unspecified atom stereocenters. The van der Waals surface area contributed by atoms with Crippen LogP contribution >= 0.6 is 0 Å². The highest BCUT2D eigenvalue weighted by Gasteiger charge is 2.19. The molecule has 1 aliphatic carbocycles. The van der Waals surface area contributed by atoms with Gasteiger partial charge in [0.2, 0.25) is 0 Å². The number of carbonyl (C=O) groups excluding carboxylic acids is 1. The molecule has 0 bridgehead atoms. The Bertz CT molecular complexity index is 377. The van der Waals surface area contributed by atoms with Crippen molar-refractivity contribution in [1.82, 2.24) is 0 Å². The molecule has 80 valence electrons. The third-order valence-corrected chi connectivity index (χ3v) is 3.03. The minimum atomic E-state index is 0.335. The fraction of sp³-hybridized carbons (Fsp3) is 0.500. The molecule has 0 saturated heterocycles. The second kappa shape index (κ2) is 4.18. The lowest BCUT2D eigenvalue weighted by Crippen LogP contribution is -2.13. The lowest BCUT2D eigenvalue weighted by Gasteiger charge is -2.19. The van der Waals surface area contributed by atoms with E-state index >= 15 is 0 Å². The van der Waals surface area contributed by atoms with Gasteiger partial charge in [-0.1, -0.05) is 32.0 Å². The molecule has 0 amide bonds. The zero-order chi connectivity index (χ0) is 10.8. The van der Waals surface area contributed by atoms with Gasteiger partial charge in [-0.05, 0) is 36.3 Å². The maximum absolute atomic E-state index is 11.7. The summed E-state index contributed by atoms with van der Waals surface area (Å²) in [6.45, 7) is 4.45. The molecule has 0 atom stereocenters. The number of benzene rings is 1. The summed E-state index contributed by atoms with van der Waals surface area (Å²) in [7, 11) is 0. The van der Waals surface area contributed by atoms with Crippen molar-refractivity contribution in [3.8, 4) is 0 Å². The number of fused-ring (bicyclic) bond motifs is 1. The molecular formula is C14H18O. The Labute approximate surface area is 91.5 Å². The predicted molar refractivity (Wildman–Crippen MR) is 62.3 cm³/mol. The summed E-state index contributed by atoms with van der Waals surface area (Å²) in [6, 6.07) is 6.19. The van der Waals surface area contributed by atoms with Crippen LogP contribution in [0.5, 0.6) is 0 Å². The number of hydrogen-bond donors (Lipinski definition) is 0. The molecule has 2 rings (SSSR count). The first-order chi connectivity index (χ1) is 7.18. The quantitative estimate of drug-likeness (QED) is 0.718. The van der Waals surface area contributed by atoms with Crippen LogP contribution in [-0.4, -0.2) is 5.78 Å². The average Bonchev–Trinajstić information content (AvgIpc) is 2.19. The molecule has 0 fully saturated rings. The van der Waals surface area contributed by atoms with Crippen LogP contribution in [0.15, 0.2) is 18.2 Å². The second-order valence-electron chi connectivity index (χ2n) is 4.82. The van der Waals surface area contributed by atoms with Gasteiger partial charge in [-0.25, -0.2) is 0 Å². The van der Waals surface area contributed by atoms with Gasteiger partial charge in [-0.2, -0.15) is 0 Å². The summed E-state index contributed by atoms with van der Waals surface area (Å²) in [5, 5.41) is 0. The Kier molecular flexibility index (Phi) is 2.90. The van der Waals surface area contributed by atoms with Gasteiger partial charge in [0, 0.05) is 12.0 Å². The summed E-state index contributed by atoms with van der Waals surface area (Å²) in [4.78, 5) is 11.7. The Morgan fingerprint density at radius 3 is 2.80 bits per heavy atom. The third-order valence-electron chi connectivity index (χ3n) is 3.03. The van der Waals surface area contributed by atoms with Crippen molar-refractivity contribution >= 4 is 5.78 Å². The Balaban J connectivity index is 2.40. The van der Waals surface area contributed by atoms with Crippen LogP contribution < -0.4 is 0 Å². The fourth-order valence-corrected chi connectivity index (χ4v) is 2.38. The lowest BCUT2D eigenvalue weighted by atomic mass is 9.85. The summed E-state index contributed by atoms with van der Waals surface area (Å²) in [6.07, 6.45) is 3.94. The smallest absolute Gasteiger partial charge is 0.163 e. The normalized spacial score (nSPS) is 15.5. The molecular weight excluding hydrogens is 184 g/mol. The van der Waals surface area contributed by atoms with Gasteiger partial charge in [-0.3, -0.25) is 4.79 Å². The van der Waals surface area contributed by atoms with Crippen molar-refractivity contribution in [2.75, 3.05) is 0 Å². The van der Waals surface area contributed by atoms with Crippen molar-refractivity contribution in [2.45, 2.75) is 39.5 Å². The number of rotatable bonds is 2. The van der Waals surface area contributed by atoms with Gasteiger partial charge >= 0.3 is 0 Å². The van der Waals surface area contributed by atoms with Gasteiger partial charge in [0.05, 0.1) is 0 Å². The van der Waals surface area contributed by atoms with E-state index in [0.29, 0.717) is 11.7 Å². The van der Waals surface area contributed by atoms with E-state index in [1.807, 2.05) is 12.1 Å². The molecule has 0 heterocycles. The fourth-order valence-electron chi connectivity index (χ4n) is 2.38. The lowest BCUT2D eigenvalue weighted by molar-refractivity contribution is 0.0972. The highest BCUT2D eigenvalue weighted by Crippen LogP contribution is 2.25. The first-order valence-corrected chi connectivity index (χ1v) is 5.82. The van der Waals surface area contributed by atoms with Crippen molar-refractivity contribution in [1.29, 1.82) is 0 Å². The first-order valence-electron chi connectivity index (χ1n) is 5.82. The van der Waals surface area contributed by atoms with Gasteiger partial charge in [0.1, 0.15) is 0 Å². The molecule has 0 radical (unpaired) electrons. The van der Waals surface area contributed by atoms with Crippen molar-refractivity contribution in [3.05, 3.63) is 34.9 Å². The van der Waals surface area contributed by atoms with E-state index < -0.39 is 0 Å². The predicted octanol–water partition coefficient (Wildman–Crippen LogP) is 3.40. The van der Waals surface area contributed by atoms with Crippen LogP contribution in [0.3, 0.4) is 0 Å². The molecule has 1 aromatic rings. The van der Waals surface area contributed by atoms with E-state index in [2.05, 4.69) is 19.9 Å². The number of ketones is 1. The standard InChI is InChI=1S/C14H18O/c1-10(2)9-11-5-3-7-13-12(11)6-4-8-14(13)15/h3,5,7,10H,4,6,8-9H2,1-2H3. The van der Waals surface area contributed by atoms with Crippen molar-refractivity contribution in [2.24, 2.45) is 5.92 Å². The van der Waals surface area contributed by atoms with E-state index in [1.54, 1.807) is 0 Å². The largest absolute Gasteiger partial charge is 0.294 e. The monoisotopic (exact) mass is 202 g/mol. The molecule has 15 heavy (non-hydrogen) atoms. The van der Waals surface area contributed by atoms with Gasteiger partial charge < -0.3 is 0 Å². The van der Waals surface area contributed by atoms with Crippen LogP contribution in [0.2, 0.25) is 0 Å². The highest BCUT2D eigenvalue weighted by molar-refractivity contribution is 5.98. The topological polar surface area (TPSA) is 17.1 Å². The maximum Gasteiger partial charge on any atom is 0.163 e. The molecule has 1 heteroatoms. The maximum atomic E-state index is 11.7. The second-order valence-corrected chi connectivity index (χ2v) is 4.82. The zero-order valence-electron chi connectivity index (χ0n) is 9.55. The summed E-state index contributed by atoms with van der Waals surface area (Å²) in [5.74, 6) is 0.996. The van der Waals surface area contributed by atoms with Crippen molar-refractivity contribution < 1.29 is 4.79 Å². The minimum absolute atomic E-state index is 0.335. The Morgan fingerprint density at radius 1 is 1.27 bits per heavy atom. The molecule has 1 nitrogen and oxygen atoms in total. The Morgan fingerprint density at radius 2 is 2.07 bits per heavy atom. The van der Waals surface area contributed by atoms with E-state index in [4.69, 9.17) is 0 Å².